The number of fused-ring (bicyclic) bond motifs is 1. The molecule has 0 radical (unpaired) electrons. The molecule has 0 saturated carbocycles. The molecule has 0 aliphatic heterocycles. The van der Waals surface area contributed by atoms with Gasteiger partial charge < -0.3 is 15.1 Å². The molecule has 0 atom stereocenters. The Hall–Kier alpha value is -3.57. The first kappa shape index (κ1) is 15.3. The van der Waals surface area contributed by atoms with Gasteiger partial charge in [0.1, 0.15) is 5.70 Å². The molecule has 3 rings (SSSR count). The number of rotatable bonds is 4. The number of hydrogen-bond donors (Lipinski definition) is 1. The summed E-state index contributed by atoms with van der Waals surface area (Å²) in [4.78, 5) is 15.2. The van der Waals surface area contributed by atoms with E-state index in [2.05, 4.69) is 15.2 Å². The second-order valence-electron chi connectivity index (χ2n) is 5.00. The van der Waals surface area contributed by atoms with E-state index in [1.54, 1.807) is 11.6 Å². The van der Waals surface area contributed by atoms with Crippen LogP contribution in [0.25, 0.3) is 22.1 Å². The van der Waals surface area contributed by atoms with Gasteiger partial charge in [-0.1, -0.05) is 12.1 Å². The lowest BCUT2D eigenvalue weighted by atomic mass is 10.2. The van der Waals surface area contributed by atoms with Gasteiger partial charge in [0.2, 0.25) is 0 Å². The average molecular weight is 318 g/mol. The predicted octanol–water partition coefficient (Wildman–Crippen LogP) is 3.64. The molecule has 0 unspecified atom stereocenters. The van der Waals surface area contributed by atoms with Crippen molar-refractivity contribution in [3.05, 3.63) is 65.3 Å². The van der Waals surface area contributed by atoms with Crippen LogP contribution in [-0.4, -0.2) is 26.5 Å². The van der Waals surface area contributed by atoms with E-state index in [-0.39, 0.29) is 11.3 Å². The lowest BCUT2D eigenvalue weighted by Crippen LogP contribution is -1.96. The third kappa shape index (κ3) is 2.84. The third-order valence-electron chi connectivity index (χ3n) is 3.48. The van der Waals surface area contributed by atoms with E-state index >= 15 is 0 Å². The second kappa shape index (κ2) is 6.28. The number of para-hydroxylation sites is 2. The first-order valence-electron chi connectivity index (χ1n) is 7.04. The zero-order valence-electron chi connectivity index (χ0n) is 12.7. The van der Waals surface area contributed by atoms with E-state index in [0.717, 1.165) is 11.0 Å². The number of aromatic carboxylic acids is 1. The lowest BCUT2D eigenvalue weighted by molar-refractivity contribution is 0.0697. The summed E-state index contributed by atoms with van der Waals surface area (Å²) >= 11 is 0. The minimum atomic E-state index is -1.01. The van der Waals surface area contributed by atoms with Crippen molar-refractivity contribution in [2.45, 2.75) is 0 Å². The summed E-state index contributed by atoms with van der Waals surface area (Å²) in [5.74, 6) is 1.41. The van der Waals surface area contributed by atoms with Gasteiger partial charge in [-0.15, -0.1) is 10.2 Å². The van der Waals surface area contributed by atoms with Gasteiger partial charge in [-0.25, -0.2) is 15.6 Å². The van der Waals surface area contributed by atoms with E-state index in [4.69, 9.17) is 5.11 Å². The maximum atomic E-state index is 10.8. The average Bonchev–Trinajstić information content (AvgIpc) is 2.93. The highest BCUT2D eigenvalue weighted by atomic mass is 16.4. The molecule has 1 aromatic heterocycles. The summed E-state index contributed by atoms with van der Waals surface area (Å²) in [6, 6.07) is 13.4. The second-order valence-corrected chi connectivity index (χ2v) is 5.00. The van der Waals surface area contributed by atoms with Gasteiger partial charge in [-0.05, 0) is 36.4 Å². The van der Waals surface area contributed by atoms with Gasteiger partial charge in [0.15, 0.2) is 5.82 Å². The predicted molar refractivity (Wildman–Crippen MR) is 90.4 cm³/mol. The molecule has 7 nitrogen and oxygen atoms in total. The molecular weight excluding hydrogens is 306 g/mol. The van der Waals surface area contributed by atoms with Crippen molar-refractivity contribution in [1.82, 2.24) is 9.55 Å². The molecule has 0 aliphatic carbocycles. The maximum absolute atomic E-state index is 10.8. The highest BCUT2D eigenvalue weighted by molar-refractivity contribution is 5.91. The smallest absolute Gasteiger partial charge is 0.335 e. The standard InChI is InChI=1S/C17H12N5O2/c1-22-15-5-3-2-4-13(15)19-16(22)14(10-18)21-20-12-8-6-11(7-9-12)17(23)24/h2-9H,1H3,(H,23,24)/q-1. The fourth-order valence-corrected chi connectivity index (χ4v) is 2.25. The van der Waals surface area contributed by atoms with Crippen LogP contribution in [0.2, 0.25) is 0 Å². The number of carboxylic acids is 1. The van der Waals surface area contributed by atoms with E-state index < -0.39 is 5.97 Å². The third-order valence-corrected chi connectivity index (χ3v) is 3.48. The number of aryl methyl sites for hydroxylation is 1. The van der Waals surface area contributed by atoms with Crippen LogP contribution >= 0.6 is 0 Å². The van der Waals surface area contributed by atoms with Crippen molar-refractivity contribution in [2.75, 3.05) is 0 Å². The molecule has 0 saturated heterocycles. The highest BCUT2D eigenvalue weighted by Gasteiger charge is 2.10. The minimum absolute atomic E-state index is 0.0796. The van der Waals surface area contributed by atoms with Crippen LogP contribution in [0.3, 0.4) is 0 Å². The molecule has 0 amide bonds. The Balaban J connectivity index is 1.93. The summed E-state index contributed by atoms with van der Waals surface area (Å²) in [6.45, 7) is 0. The van der Waals surface area contributed by atoms with Crippen molar-refractivity contribution < 1.29 is 9.90 Å². The lowest BCUT2D eigenvalue weighted by Gasteiger charge is -2.01. The summed E-state index contributed by atoms with van der Waals surface area (Å²) in [5.41, 5.74) is 2.35. The van der Waals surface area contributed by atoms with E-state index in [1.807, 2.05) is 30.1 Å². The Labute approximate surface area is 137 Å². The van der Waals surface area contributed by atoms with Crippen LogP contribution in [0.5, 0.6) is 0 Å². The Morgan fingerprint density at radius 2 is 1.92 bits per heavy atom. The summed E-state index contributed by atoms with van der Waals surface area (Å²) in [5, 5.41) is 26.2. The highest BCUT2D eigenvalue weighted by Crippen LogP contribution is 2.22. The number of imidazole rings is 1. The summed E-state index contributed by atoms with van der Waals surface area (Å²) in [7, 11) is 1.80. The summed E-state index contributed by atoms with van der Waals surface area (Å²) in [6.07, 6.45) is 0. The van der Waals surface area contributed by atoms with Crippen molar-refractivity contribution in [2.24, 2.45) is 17.3 Å². The molecule has 2 aromatic carbocycles. The van der Waals surface area contributed by atoms with Crippen LogP contribution in [0.1, 0.15) is 16.2 Å². The topological polar surface area (TPSA) is 102 Å². The van der Waals surface area contributed by atoms with Crippen LogP contribution in [0.4, 0.5) is 5.69 Å². The molecule has 118 valence electrons. The number of azo groups is 1. The molecule has 1 N–H and O–H groups in total. The zero-order valence-corrected chi connectivity index (χ0v) is 12.7. The van der Waals surface area contributed by atoms with Crippen LogP contribution in [0, 0.1) is 0 Å². The summed E-state index contributed by atoms with van der Waals surface area (Å²) < 4.78 is 1.78. The van der Waals surface area contributed by atoms with Gasteiger partial charge in [-0.2, -0.15) is 0 Å². The van der Waals surface area contributed by atoms with Gasteiger partial charge in [0.25, 0.3) is 0 Å². The number of benzene rings is 2. The Morgan fingerprint density at radius 3 is 2.54 bits per heavy atom. The molecule has 1 heterocycles. The number of hydrogen-bond acceptors (Lipinski definition) is 4. The number of carbonyl (C=O) groups is 1. The van der Waals surface area contributed by atoms with Crippen LogP contribution < -0.4 is 0 Å². The molecule has 0 spiro atoms. The normalized spacial score (nSPS) is 10.9. The van der Waals surface area contributed by atoms with Crippen molar-refractivity contribution in [3.63, 3.8) is 0 Å². The zero-order chi connectivity index (χ0) is 17.1. The van der Waals surface area contributed by atoms with E-state index in [9.17, 15) is 10.2 Å². The molecule has 3 aromatic rings. The Bertz CT molecular complexity index is 995. The largest absolute Gasteiger partial charge is 0.761 e. The first-order chi connectivity index (χ1) is 11.6. The SMILES string of the molecule is Cn1c(C(=C=[N-])N=Nc2ccc(C(=O)O)cc2)nc2ccccc21. The van der Waals surface area contributed by atoms with Crippen LogP contribution in [-0.2, 0) is 7.05 Å². The molecule has 0 bridgehead atoms. The van der Waals surface area contributed by atoms with Crippen LogP contribution in [0.15, 0.2) is 58.8 Å². The molecule has 24 heavy (non-hydrogen) atoms. The number of carboxylic acid groups (broad SMARTS) is 1. The van der Waals surface area contributed by atoms with E-state index in [1.165, 1.54) is 24.3 Å². The van der Waals surface area contributed by atoms with Crippen molar-refractivity contribution in [3.8, 4) is 0 Å². The first-order valence-corrected chi connectivity index (χ1v) is 7.04. The maximum Gasteiger partial charge on any atom is 0.335 e. The molecular formula is C17H12N5O2-. The quantitative estimate of drug-likeness (QED) is 0.586. The fraction of sp³-hybridized carbons (Fsp3) is 0.0588. The van der Waals surface area contributed by atoms with Gasteiger partial charge in [0.05, 0.1) is 22.3 Å². The minimum Gasteiger partial charge on any atom is -0.761 e. The number of nitrogens with zero attached hydrogens (tertiary/aromatic N) is 5. The van der Waals surface area contributed by atoms with Gasteiger partial charge in [-0.3, -0.25) is 0 Å². The molecule has 0 fully saturated rings. The Kier molecular flexibility index (Phi) is 4.01. The number of aromatic nitrogens is 2. The fourth-order valence-electron chi connectivity index (χ4n) is 2.25. The van der Waals surface area contributed by atoms with Crippen molar-refractivity contribution in [1.29, 1.82) is 0 Å². The van der Waals surface area contributed by atoms with Gasteiger partial charge in [0, 0.05) is 7.05 Å². The molecule has 7 heteroatoms. The van der Waals surface area contributed by atoms with Gasteiger partial charge >= 0.3 is 5.97 Å². The van der Waals surface area contributed by atoms with E-state index in [0.29, 0.717) is 11.5 Å². The monoisotopic (exact) mass is 318 g/mol. The Morgan fingerprint density at radius 1 is 1.21 bits per heavy atom. The van der Waals surface area contributed by atoms with Crippen molar-refractivity contribution >= 4 is 34.3 Å². The molecule has 0 aliphatic rings.